The van der Waals surface area contributed by atoms with Gasteiger partial charge in [-0.3, -0.25) is 0 Å². The fraction of sp³-hybridized carbons (Fsp3) is 0.600. The first-order valence-corrected chi connectivity index (χ1v) is 6.73. The summed E-state index contributed by atoms with van der Waals surface area (Å²) in [5.74, 6) is -0.152. The smallest absolute Gasteiger partial charge is 0.128 e. The zero-order valence-electron chi connectivity index (χ0n) is 11.9. The lowest BCUT2D eigenvalue weighted by Gasteiger charge is -2.29. The molecule has 102 valence electrons. The summed E-state index contributed by atoms with van der Waals surface area (Å²) in [6.45, 7) is 6.24. The number of nitrogens with zero attached hydrogens (tertiary/aromatic N) is 1. The molecule has 1 rings (SSSR count). The van der Waals surface area contributed by atoms with E-state index in [1.165, 1.54) is 6.07 Å². The van der Waals surface area contributed by atoms with Gasteiger partial charge in [0.05, 0.1) is 0 Å². The van der Waals surface area contributed by atoms with E-state index >= 15 is 0 Å². The lowest BCUT2D eigenvalue weighted by atomic mass is 10.0. The Morgan fingerprint density at radius 3 is 2.56 bits per heavy atom. The van der Waals surface area contributed by atoms with Crippen LogP contribution in [-0.4, -0.2) is 19.1 Å². The highest BCUT2D eigenvalue weighted by Crippen LogP contribution is 2.26. The van der Waals surface area contributed by atoms with E-state index in [9.17, 15) is 4.39 Å². The highest BCUT2D eigenvalue weighted by molar-refractivity contribution is 5.54. The lowest BCUT2D eigenvalue weighted by Crippen LogP contribution is -2.30. The van der Waals surface area contributed by atoms with Gasteiger partial charge in [-0.05, 0) is 38.8 Å². The summed E-state index contributed by atoms with van der Waals surface area (Å²) in [5.41, 5.74) is 7.51. The molecule has 0 radical (unpaired) electrons. The number of hydrogen-bond donors (Lipinski definition) is 1. The standard InChI is InChI=1S/C15H25FN2/c1-5-7-12(3)18(4)15-9-6-8-14(16)13(15)10-11(2)17/h6,8-9,11-12H,5,7,10,17H2,1-4H3. The Morgan fingerprint density at radius 2 is 2.00 bits per heavy atom. The van der Waals surface area contributed by atoms with Crippen molar-refractivity contribution in [3.05, 3.63) is 29.6 Å². The SMILES string of the molecule is CCCC(C)N(C)c1cccc(F)c1CC(C)N. The average molecular weight is 252 g/mol. The van der Waals surface area contributed by atoms with Crippen molar-refractivity contribution in [1.29, 1.82) is 0 Å². The molecule has 3 heteroatoms. The van der Waals surface area contributed by atoms with Crippen LogP contribution in [0.15, 0.2) is 18.2 Å². The van der Waals surface area contributed by atoms with Crippen LogP contribution in [0.2, 0.25) is 0 Å². The highest BCUT2D eigenvalue weighted by atomic mass is 19.1. The van der Waals surface area contributed by atoms with Crippen LogP contribution in [0.25, 0.3) is 0 Å². The molecule has 1 aromatic rings. The van der Waals surface area contributed by atoms with Crippen molar-refractivity contribution in [2.45, 2.75) is 52.1 Å². The van der Waals surface area contributed by atoms with E-state index in [2.05, 4.69) is 18.7 Å². The van der Waals surface area contributed by atoms with Crippen LogP contribution < -0.4 is 10.6 Å². The number of benzene rings is 1. The molecule has 18 heavy (non-hydrogen) atoms. The van der Waals surface area contributed by atoms with E-state index < -0.39 is 0 Å². The summed E-state index contributed by atoms with van der Waals surface area (Å²) in [7, 11) is 2.03. The second-order valence-corrected chi connectivity index (χ2v) is 5.17. The van der Waals surface area contributed by atoms with Crippen molar-refractivity contribution in [2.24, 2.45) is 5.73 Å². The van der Waals surface area contributed by atoms with Gasteiger partial charge < -0.3 is 10.6 Å². The topological polar surface area (TPSA) is 29.3 Å². The van der Waals surface area contributed by atoms with Crippen LogP contribution in [0.5, 0.6) is 0 Å². The average Bonchev–Trinajstić information content (AvgIpc) is 2.30. The Kier molecular flexibility index (Phi) is 5.60. The Labute approximate surface area is 110 Å². The van der Waals surface area contributed by atoms with Crippen LogP contribution in [0.1, 0.15) is 39.2 Å². The van der Waals surface area contributed by atoms with Crippen molar-refractivity contribution >= 4 is 5.69 Å². The third-order valence-electron chi connectivity index (χ3n) is 3.37. The van der Waals surface area contributed by atoms with Crippen LogP contribution >= 0.6 is 0 Å². The minimum absolute atomic E-state index is 0.0319. The van der Waals surface area contributed by atoms with E-state index in [1.54, 1.807) is 6.07 Å². The first kappa shape index (κ1) is 15.0. The van der Waals surface area contributed by atoms with E-state index in [-0.39, 0.29) is 11.9 Å². The molecule has 2 unspecified atom stereocenters. The predicted octanol–water partition coefficient (Wildman–Crippen LogP) is 3.34. The fourth-order valence-electron chi connectivity index (χ4n) is 2.25. The third kappa shape index (κ3) is 3.70. The monoisotopic (exact) mass is 252 g/mol. The fourth-order valence-corrected chi connectivity index (χ4v) is 2.25. The van der Waals surface area contributed by atoms with E-state index in [0.29, 0.717) is 12.5 Å². The molecule has 0 aliphatic heterocycles. The first-order chi connectivity index (χ1) is 8.47. The molecule has 0 aromatic heterocycles. The van der Waals surface area contributed by atoms with Crippen molar-refractivity contribution in [3.63, 3.8) is 0 Å². The van der Waals surface area contributed by atoms with Gasteiger partial charge in [0.15, 0.2) is 0 Å². The molecule has 1 aromatic carbocycles. The highest BCUT2D eigenvalue weighted by Gasteiger charge is 2.16. The van der Waals surface area contributed by atoms with Crippen molar-refractivity contribution in [3.8, 4) is 0 Å². The van der Waals surface area contributed by atoms with Gasteiger partial charge in [0.25, 0.3) is 0 Å². The zero-order valence-corrected chi connectivity index (χ0v) is 11.9. The normalized spacial score (nSPS) is 14.3. The van der Waals surface area contributed by atoms with Gasteiger partial charge in [0.1, 0.15) is 5.82 Å². The lowest BCUT2D eigenvalue weighted by molar-refractivity contribution is 0.582. The van der Waals surface area contributed by atoms with Gasteiger partial charge in [0, 0.05) is 30.4 Å². The molecule has 2 N–H and O–H groups in total. The van der Waals surface area contributed by atoms with Gasteiger partial charge in [-0.25, -0.2) is 4.39 Å². The number of anilines is 1. The molecule has 0 saturated carbocycles. The largest absolute Gasteiger partial charge is 0.372 e. The molecule has 0 heterocycles. The molecular weight excluding hydrogens is 227 g/mol. The Balaban J connectivity index is 3.03. The summed E-state index contributed by atoms with van der Waals surface area (Å²) >= 11 is 0. The molecule has 0 bridgehead atoms. The van der Waals surface area contributed by atoms with Crippen LogP contribution in [-0.2, 0) is 6.42 Å². The van der Waals surface area contributed by atoms with E-state index in [0.717, 1.165) is 24.1 Å². The predicted molar refractivity (Wildman–Crippen MR) is 76.5 cm³/mol. The van der Waals surface area contributed by atoms with Crippen LogP contribution in [0, 0.1) is 5.82 Å². The number of rotatable bonds is 6. The minimum atomic E-state index is -0.152. The summed E-state index contributed by atoms with van der Waals surface area (Å²) in [5, 5.41) is 0. The van der Waals surface area contributed by atoms with Gasteiger partial charge in [0.2, 0.25) is 0 Å². The molecule has 0 fully saturated rings. The number of hydrogen-bond acceptors (Lipinski definition) is 2. The van der Waals surface area contributed by atoms with Crippen molar-refractivity contribution in [2.75, 3.05) is 11.9 Å². The van der Waals surface area contributed by atoms with Gasteiger partial charge in [-0.2, -0.15) is 0 Å². The number of halogens is 1. The first-order valence-electron chi connectivity index (χ1n) is 6.73. The maximum absolute atomic E-state index is 13.9. The summed E-state index contributed by atoms with van der Waals surface area (Å²) in [6, 6.07) is 5.64. The van der Waals surface area contributed by atoms with E-state index in [1.807, 2.05) is 20.0 Å². The molecule has 0 amide bonds. The second kappa shape index (κ2) is 6.74. The summed E-state index contributed by atoms with van der Waals surface area (Å²) < 4.78 is 13.9. The summed E-state index contributed by atoms with van der Waals surface area (Å²) in [4.78, 5) is 2.16. The van der Waals surface area contributed by atoms with Crippen LogP contribution in [0.4, 0.5) is 10.1 Å². The Morgan fingerprint density at radius 1 is 1.33 bits per heavy atom. The second-order valence-electron chi connectivity index (χ2n) is 5.17. The van der Waals surface area contributed by atoms with Crippen molar-refractivity contribution < 1.29 is 4.39 Å². The van der Waals surface area contributed by atoms with E-state index in [4.69, 9.17) is 5.73 Å². The molecular formula is C15H25FN2. The molecule has 0 saturated heterocycles. The number of nitrogens with two attached hydrogens (primary N) is 1. The van der Waals surface area contributed by atoms with Gasteiger partial charge in [-0.15, -0.1) is 0 Å². The molecule has 2 atom stereocenters. The quantitative estimate of drug-likeness (QED) is 0.841. The zero-order chi connectivity index (χ0) is 13.7. The molecule has 0 aliphatic rings. The maximum atomic E-state index is 13.9. The van der Waals surface area contributed by atoms with Crippen molar-refractivity contribution in [1.82, 2.24) is 0 Å². The van der Waals surface area contributed by atoms with Gasteiger partial charge >= 0.3 is 0 Å². The van der Waals surface area contributed by atoms with Gasteiger partial charge in [-0.1, -0.05) is 19.4 Å². The maximum Gasteiger partial charge on any atom is 0.128 e. The van der Waals surface area contributed by atoms with Crippen LogP contribution in [0.3, 0.4) is 0 Å². The third-order valence-corrected chi connectivity index (χ3v) is 3.37. The molecule has 0 spiro atoms. The molecule has 0 aliphatic carbocycles. The molecule has 2 nitrogen and oxygen atoms in total. The minimum Gasteiger partial charge on any atom is -0.372 e. The summed E-state index contributed by atoms with van der Waals surface area (Å²) in [6.07, 6.45) is 2.80. The Hall–Kier alpha value is -1.09. The Bertz CT molecular complexity index is 377.